The summed E-state index contributed by atoms with van der Waals surface area (Å²) in [6, 6.07) is 3.84. The Balaban J connectivity index is 2.41. The lowest BCUT2D eigenvalue weighted by Gasteiger charge is -2.18. The van der Waals surface area contributed by atoms with Crippen LogP contribution in [-0.4, -0.2) is 17.7 Å². The molecule has 0 aliphatic heterocycles. The summed E-state index contributed by atoms with van der Waals surface area (Å²) in [7, 11) is 0. The van der Waals surface area contributed by atoms with Crippen molar-refractivity contribution >= 4 is 0 Å². The van der Waals surface area contributed by atoms with E-state index in [0.717, 1.165) is 31.4 Å². The molecular formula is C16H25F2NO. The Hall–Kier alpha value is -1.00. The number of benzene rings is 1. The van der Waals surface area contributed by atoms with Crippen LogP contribution in [0.2, 0.25) is 0 Å². The minimum atomic E-state index is -1.16. The van der Waals surface area contributed by atoms with Gasteiger partial charge in [0.1, 0.15) is 11.6 Å². The van der Waals surface area contributed by atoms with Crippen LogP contribution in [0.4, 0.5) is 8.78 Å². The monoisotopic (exact) mass is 285 g/mol. The number of hydrogen-bond donors (Lipinski definition) is 2. The first-order valence-corrected chi connectivity index (χ1v) is 7.27. The smallest absolute Gasteiger partial charge is 0.131 e. The molecule has 0 radical (unpaired) electrons. The van der Waals surface area contributed by atoms with Gasteiger partial charge < -0.3 is 10.4 Å². The van der Waals surface area contributed by atoms with Gasteiger partial charge in [0, 0.05) is 12.6 Å². The number of aliphatic hydroxyl groups excluding tert-OH is 1. The van der Waals surface area contributed by atoms with Gasteiger partial charge in [0.25, 0.3) is 0 Å². The first-order valence-electron chi connectivity index (χ1n) is 7.27. The fourth-order valence-corrected chi connectivity index (χ4v) is 2.18. The number of nitrogens with one attached hydrogen (secondary N) is 1. The summed E-state index contributed by atoms with van der Waals surface area (Å²) < 4.78 is 27.0. The molecule has 2 atom stereocenters. The van der Waals surface area contributed by atoms with Crippen molar-refractivity contribution in [3.05, 3.63) is 35.4 Å². The lowest BCUT2D eigenvalue weighted by atomic mass is 10.0. The third kappa shape index (κ3) is 5.55. The molecular weight excluding hydrogens is 260 g/mol. The van der Waals surface area contributed by atoms with E-state index in [2.05, 4.69) is 19.2 Å². The fraction of sp³-hybridized carbons (Fsp3) is 0.625. The predicted octanol–water partition coefficient (Wildman–Crippen LogP) is 3.80. The van der Waals surface area contributed by atoms with Crippen LogP contribution in [0.15, 0.2) is 18.2 Å². The van der Waals surface area contributed by atoms with Gasteiger partial charge in [0.15, 0.2) is 0 Å². The third-order valence-electron chi connectivity index (χ3n) is 3.41. The highest BCUT2D eigenvalue weighted by Gasteiger charge is 2.18. The van der Waals surface area contributed by atoms with Crippen molar-refractivity contribution < 1.29 is 13.9 Å². The zero-order chi connectivity index (χ0) is 15.1. The second-order valence-corrected chi connectivity index (χ2v) is 5.79. The van der Waals surface area contributed by atoms with Crippen LogP contribution in [-0.2, 0) is 0 Å². The summed E-state index contributed by atoms with van der Waals surface area (Å²) in [5.41, 5.74) is -0.255. The maximum Gasteiger partial charge on any atom is 0.131 e. The van der Waals surface area contributed by atoms with Crippen molar-refractivity contribution in [1.82, 2.24) is 5.32 Å². The molecule has 0 aromatic heterocycles. The second-order valence-electron chi connectivity index (χ2n) is 5.79. The molecule has 0 aliphatic rings. The van der Waals surface area contributed by atoms with Crippen LogP contribution < -0.4 is 5.32 Å². The minimum absolute atomic E-state index is 0.153. The Morgan fingerprint density at radius 3 is 2.25 bits per heavy atom. The summed E-state index contributed by atoms with van der Waals surface area (Å²) in [5, 5.41) is 13.0. The highest BCUT2D eigenvalue weighted by Crippen LogP contribution is 2.20. The van der Waals surface area contributed by atoms with Gasteiger partial charge in [-0.05, 0) is 31.4 Å². The minimum Gasteiger partial charge on any atom is -0.387 e. The van der Waals surface area contributed by atoms with Crippen LogP contribution in [0.3, 0.4) is 0 Å². The molecule has 1 rings (SSSR count). The largest absolute Gasteiger partial charge is 0.387 e. The maximum absolute atomic E-state index is 13.5. The van der Waals surface area contributed by atoms with E-state index >= 15 is 0 Å². The Kier molecular flexibility index (Phi) is 7.10. The molecule has 0 spiro atoms. The number of hydrogen-bond acceptors (Lipinski definition) is 2. The van der Waals surface area contributed by atoms with Gasteiger partial charge in [-0.2, -0.15) is 0 Å². The summed E-state index contributed by atoms with van der Waals surface area (Å²) >= 11 is 0. The Morgan fingerprint density at radius 1 is 1.10 bits per heavy atom. The molecule has 0 amide bonds. The zero-order valence-electron chi connectivity index (χ0n) is 12.5. The SMILES string of the molecule is CC(C)CCCC(C)NCC(O)c1c(F)cccc1F. The van der Waals surface area contributed by atoms with Gasteiger partial charge in [0.05, 0.1) is 11.7 Å². The normalized spacial score (nSPS) is 14.6. The summed E-state index contributed by atoms with van der Waals surface area (Å²) in [6.45, 7) is 6.54. The standard InChI is InChI=1S/C16H25F2NO/c1-11(2)6-4-7-12(3)19-10-15(20)16-13(17)8-5-9-14(16)18/h5,8-9,11-12,15,19-20H,4,6-7,10H2,1-3H3. The molecule has 2 N–H and O–H groups in total. The first-order chi connectivity index (χ1) is 9.41. The Bertz CT molecular complexity index is 389. The van der Waals surface area contributed by atoms with Crippen LogP contribution in [0, 0.1) is 17.6 Å². The van der Waals surface area contributed by atoms with Gasteiger partial charge >= 0.3 is 0 Å². The molecule has 2 unspecified atom stereocenters. The highest BCUT2D eigenvalue weighted by atomic mass is 19.1. The van der Waals surface area contributed by atoms with E-state index in [-0.39, 0.29) is 18.2 Å². The first kappa shape index (κ1) is 17.1. The van der Waals surface area contributed by atoms with E-state index in [4.69, 9.17) is 0 Å². The molecule has 0 saturated heterocycles. The van der Waals surface area contributed by atoms with Crippen molar-refractivity contribution in [3.63, 3.8) is 0 Å². The van der Waals surface area contributed by atoms with Crippen molar-refractivity contribution in [1.29, 1.82) is 0 Å². The molecule has 1 aromatic carbocycles. The molecule has 1 aromatic rings. The van der Waals surface area contributed by atoms with Crippen molar-refractivity contribution in [2.75, 3.05) is 6.54 Å². The molecule has 20 heavy (non-hydrogen) atoms. The average Bonchev–Trinajstić information content (AvgIpc) is 2.35. The van der Waals surface area contributed by atoms with Crippen LogP contribution in [0.1, 0.15) is 51.7 Å². The van der Waals surface area contributed by atoms with Crippen molar-refractivity contribution in [2.45, 2.75) is 52.2 Å². The molecule has 0 bridgehead atoms. The van der Waals surface area contributed by atoms with E-state index in [9.17, 15) is 13.9 Å². The highest BCUT2D eigenvalue weighted by molar-refractivity contribution is 5.22. The number of rotatable bonds is 8. The van der Waals surface area contributed by atoms with Gasteiger partial charge in [-0.15, -0.1) is 0 Å². The average molecular weight is 285 g/mol. The Labute approximate surface area is 120 Å². The number of aliphatic hydroxyl groups is 1. The van der Waals surface area contributed by atoms with Gasteiger partial charge in [-0.3, -0.25) is 0 Å². The Morgan fingerprint density at radius 2 is 1.70 bits per heavy atom. The molecule has 0 fully saturated rings. The van der Waals surface area contributed by atoms with E-state index in [1.54, 1.807) is 0 Å². The molecule has 4 heteroatoms. The number of halogens is 2. The van der Waals surface area contributed by atoms with E-state index in [1.165, 1.54) is 6.07 Å². The maximum atomic E-state index is 13.5. The molecule has 2 nitrogen and oxygen atoms in total. The molecule has 0 saturated carbocycles. The lowest BCUT2D eigenvalue weighted by Crippen LogP contribution is -2.31. The molecule has 114 valence electrons. The van der Waals surface area contributed by atoms with Gasteiger partial charge in [-0.25, -0.2) is 8.78 Å². The van der Waals surface area contributed by atoms with Crippen LogP contribution in [0.5, 0.6) is 0 Å². The molecule has 0 heterocycles. The summed E-state index contributed by atoms with van der Waals surface area (Å²) in [6.07, 6.45) is 2.10. The van der Waals surface area contributed by atoms with Crippen molar-refractivity contribution in [2.24, 2.45) is 5.92 Å². The predicted molar refractivity (Wildman–Crippen MR) is 77.5 cm³/mol. The fourth-order valence-electron chi connectivity index (χ4n) is 2.18. The van der Waals surface area contributed by atoms with Crippen LogP contribution >= 0.6 is 0 Å². The van der Waals surface area contributed by atoms with Crippen LogP contribution in [0.25, 0.3) is 0 Å². The zero-order valence-corrected chi connectivity index (χ0v) is 12.5. The topological polar surface area (TPSA) is 32.3 Å². The van der Waals surface area contributed by atoms with E-state index in [1.807, 2.05) is 6.92 Å². The van der Waals surface area contributed by atoms with E-state index in [0.29, 0.717) is 5.92 Å². The summed E-state index contributed by atoms with van der Waals surface area (Å²) in [5.74, 6) is -0.723. The van der Waals surface area contributed by atoms with Gasteiger partial charge in [-0.1, -0.05) is 32.8 Å². The summed E-state index contributed by atoms with van der Waals surface area (Å²) in [4.78, 5) is 0. The quantitative estimate of drug-likeness (QED) is 0.761. The molecule has 0 aliphatic carbocycles. The van der Waals surface area contributed by atoms with E-state index < -0.39 is 17.7 Å². The lowest BCUT2D eigenvalue weighted by molar-refractivity contribution is 0.160. The second kappa shape index (κ2) is 8.32. The van der Waals surface area contributed by atoms with Crippen molar-refractivity contribution in [3.8, 4) is 0 Å². The third-order valence-corrected chi connectivity index (χ3v) is 3.41. The van der Waals surface area contributed by atoms with Gasteiger partial charge in [0.2, 0.25) is 0 Å².